The van der Waals surface area contributed by atoms with Crippen molar-refractivity contribution in [3.63, 3.8) is 0 Å². The van der Waals surface area contributed by atoms with Crippen LogP contribution in [0.2, 0.25) is 0 Å². The lowest BCUT2D eigenvalue weighted by molar-refractivity contribution is 0.379. The highest BCUT2D eigenvalue weighted by molar-refractivity contribution is 5.74. The maximum absolute atomic E-state index is 15.4. The van der Waals surface area contributed by atoms with Gasteiger partial charge in [-0.2, -0.15) is 0 Å². The van der Waals surface area contributed by atoms with Crippen molar-refractivity contribution in [1.82, 2.24) is 15.0 Å². The fourth-order valence-corrected chi connectivity index (χ4v) is 4.39. The lowest BCUT2D eigenvalue weighted by Gasteiger charge is -2.16. The van der Waals surface area contributed by atoms with E-state index >= 15 is 17.6 Å². The second-order valence-electron chi connectivity index (χ2n) is 9.46. The summed E-state index contributed by atoms with van der Waals surface area (Å²) in [4.78, 5) is 9.13. The molecular weight excluding hydrogens is 720 g/mol. The van der Waals surface area contributed by atoms with Crippen molar-refractivity contribution < 1.29 is 79.0 Å². The first-order valence-corrected chi connectivity index (χ1v) is 12.2. The fraction of sp³-hybridized carbons (Fsp3) is 0.0357. The zero-order valence-corrected chi connectivity index (χ0v) is 22.6. The summed E-state index contributed by atoms with van der Waals surface area (Å²) >= 11 is 0. The van der Waals surface area contributed by atoms with E-state index in [4.69, 9.17) is 0 Å². The van der Waals surface area contributed by atoms with Crippen LogP contribution >= 0.6 is 0 Å². The Balaban J connectivity index is 1.94. The van der Waals surface area contributed by atoms with Crippen molar-refractivity contribution in [1.29, 1.82) is 0 Å². The number of rotatable bonds is 4. The van der Waals surface area contributed by atoms with Crippen molar-refractivity contribution >= 4 is 0 Å². The van der Waals surface area contributed by atoms with E-state index in [1.807, 2.05) is 0 Å². The number of aromatic nitrogens is 3. The molecule has 49 heavy (non-hydrogen) atoms. The monoisotopic (exact) mass is 723 g/mol. The SMILES string of the molecule is Cc1c(F)c(F)c(F)c(F)c1-c1nc(-c2c(F)c(F)c(F)c(F)c2F)nc(-c2c(F)c(F)c(-c3c(F)c(F)c(F)c(F)c3F)c(F)c2F)n1. The van der Waals surface area contributed by atoms with Gasteiger partial charge >= 0.3 is 0 Å². The zero-order chi connectivity index (χ0) is 36.7. The van der Waals surface area contributed by atoms with Gasteiger partial charge in [-0.1, -0.05) is 0 Å². The Morgan fingerprint density at radius 3 is 0.735 bits per heavy atom. The van der Waals surface area contributed by atoms with Crippen LogP contribution in [0.4, 0.5) is 79.0 Å². The molecule has 0 unspecified atom stereocenters. The molecule has 0 N–H and O–H groups in total. The second kappa shape index (κ2) is 11.9. The number of hydrogen-bond donors (Lipinski definition) is 0. The van der Waals surface area contributed by atoms with E-state index in [1.54, 1.807) is 0 Å². The van der Waals surface area contributed by atoms with E-state index in [1.165, 1.54) is 0 Å². The third-order valence-electron chi connectivity index (χ3n) is 6.74. The van der Waals surface area contributed by atoms with Crippen molar-refractivity contribution in [3.8, 4) is 45.3 Å². The molecule has 0 amide bonds. The van der Waals surface area contributed by atoms with Crippen LogP contribution in [-0.4, -0.2) is 15.0 Å². The highest BCUT2D eigenvalue weighted by atomic mass is 19.2. The predicted octanol–water partition coefficient (Wildman–Crippen LogP) is 9.35. The minimum atomic E-state index is -2.99. The number of benzene rings is 4. The summed E-state index contributed by atoms with van der Waals surface area (Å²) in [5.74, 6) is -56.0. The van der Waals surface area contributed by atoms with E-state index in [2.05, 4.69) is 15.0 Å². The lowest BCUT2D eigenvalue weighted by Crippen LogP contribution is -2.13. The largest absolute Gasteiger partial charge is 0.208 e. The summed E-state index contributed by atoms with van der Waals surface area (Å²) in [5.41, 5.74) is -12.8. The third-order valence-corrected chi connectivity index (χ3v) is 6.74. The van der Waals surface area contributed by atoms with Gasteiger partial charge < -0.3 is 0 Å². The molecule has 4 aromatic carbocycles. The molecule has 0 saturated heterocycles. The molecule has 0 fully saturated rings. The van der Waals surface area contributed by atoms with Crippen molar-refractivity contribution in [2.45, 2.75) is 6.92 Å². The van der Waals surface area contributed by atoms with Crippen LogP contribution < -0.4 is 0 Å². The topological polar surface area (TPSA) is 38.7 Å². The first kappa shape index (κ1) is 35.0. The van der Waals surface area contributed by atoms with Gasteiger partial charge in [0, 0.05) is 5.56 Å². The Hall–Kier alpha value is -5.37. The van der Waals surface area contributed by atoms with Crippen molar-refractivity contribution in [2.24, 2.45) is 0 Å². The Bertz CT molecular complexity index is 2080. The Labute approximate surface area is 257 Å². The maximum atomic E-state index is 15.4. The van der Waals surface area contributed by atoms with E-state index in [0.717, 1.165) is 0 Å². The first-order chi connectivity index (χ1) is 22.8. The summed E-state index contributed by atoms with van der Waals surface area (Å²) < 4.78 is 259. The summed E-state index contributed by atoms with van der Waals surface area (Å²) in [6.07, 6.45) is 0. The minimum absolute atomic E-state index is 0.456. The normalized spacial score (nSPS) is 11.6. The molecule has 0 atom stereocenters. The molecule has 5 rings (SSSR count). The Morgan fingerprint density at radius 1 is 0.224 bits per heavy atom. The average molecular weight is 723 g/mol. The standard InChI is InChI=1S/C28H3F18N3/c1-2-3(9(30)19(40)18(39)8(2)29)26-47-27(49-28(48-26)7-16(37)22(43)25(46)23(44)17(7)38)6-14(35)10(31)4(11(32)15(6)36)5-12(33)20(41)24(45)21(42)13(5)34/h1H3. The first-order valence-electron chi connectivity index (χ1n) is 12.2. The van der Waals surface area contributed by atoms with E-state index < -0.39 is 156 Å². The third kappa shape index (κ3) is 5.00. The molecule has 0 radical (unpaired) electrons. The molecule has 0 aliphatic carbocycles. The smallest absolute Gasteiger partial charge is 0.200 e. The quantitative estimate of drug-likeness (QED) is 0.105. The number of hydrogen-bond acceptors (Lipinski definition) is 3. The van der Waals surface area contributed by atoms with Gasteiger partial charge in [0.2, 0.25) is 11.6 Å². The lowest BCUT2D eigenvalue weighted by atomic mass is 9.98. The minimum Gasteiger partial charge on any atom is -0.208 e. The molecule has 0 spiro atoms. The fourth-order valence-electron chi connectivity index (χ4n) is 4.39. The highest BCUT2D eigenvalue weighted by Crippen LogP contribution is 2.41. The van der Waals surface area contributed by atoms with E-state index in [-0.39, 0.29) is 0 Å². The number of halogens is 18. The zero-order valence-electron chi connectivity index (χ0n) is 22.6. The van der Waals surface area contributed by atoms with Crippen molar-refractivity contribution in [2.75, 3.05) is 0 Å². The molecule has 1 aromatic heterocycles. The summed E-state index contributed by atoms with van der Waals surface area (Å²) in [6, 6.07) is 0. The van der Waals surface area contributed by atoms with Crippen molar-refractivity contribution in [3.05, 3.63) is 110 Å². The molecule has 0 saturated carbocycles. The van der Waals surface area contributed by atoms with Gasteiger partial charge in [0.1, 0.15) is 0 Å². The summed E-state index contributed by atoms with van der Waals surface area (Å²) in [5, 5.41) is 0. The van der Waals surface area contributed by atoms with E-state index in [9.17, 15) is 61.5 Å². The maximum Gasteiger partial charge on any atom is 0.200 e. The second-order valence-corrected chi connectivity index (χ2v) is 9.46. The van der Waals surface area contributed by atoms with Crippen LogP contribution in [0.15, 0.2) is 0 Å². The van der Waals surface area contributed by atoms with Crippen LogP contribution in [0.3, 0.4) is 0 Å². The van der Waals surface area contributed by atoms with Gasteiger partial charge in [-0.25, -0.2) is 94.0 Å². The number of nitrogens with zero attached hydrogens (tertiary/aromatic N) is 3. The predicted molar refractivity (Wildman–Crippen MR) is 126 cm³/mol. The molecule has 21 heteroatoms. The molecular formula is C28H3F18N3. The molecule has 1 heterocycles. The van der Waals surface area contributed by atoms with Gasteiger partial charge in [0.25, 0.3) is 0 Å². The molecule has 5 aromatic rings. The Kier molecular flexibility index (Phi) is 8.52. The Morgan fingerprint density at radius 2 is 0.408 bits per heavy atom. The van der Waals surface area contributed by atoms with Gasteiger partial charge in [0.05, 0.1) is 27.8 Å². The van der Waals surface area contributed by atoms with E-state index in [0.29, 0.717) is 6.92 Å². The van der Waals surface area contributed by atoms with Crippen LogP contribution in [0.1, 0.15) is 5.56 Å². The summed E-state index contributed by atoms with van der Waals surface area (Å²) in [7, 11) is 0. The molecule has 3 nitrogen and oxygen atoms in total. The molecule has 256 valence electrons. The summed E-state index contributed by atoms with van der Waals surface area (Å²) in [6.45, 7) is 0.456. The van der Waals surface area contributed by atoms with Crippen LogP contribution in [-0.2, 0) is 0 Å². The highest BCUT2D eigenvalue weighted by Gasteiger charge is 2.37. The van der Waals surface area contributed by atoms with Gasteiger partial charge in [0.15, 0.2) is 111 Å². The average Bonchev–Trinajstić information content (AvgIpc) is 3.07. The van der Waals surface area contributed by atoms with Crippen LogP contribution in [0.25, 0.3) is 45.3 Å². The molecule has 0 aliphatic heterocycles. The van der Waals surface area contributed by atoms with Crippen LogP contribution in [0.5, 0.6) is 0 Å². The van der Waals surface area contributed by atoms with Gasteiger partial charge in [-0.15, -0.1) is 0 Å². The van der Waals surface area contributed by atoms with Crippen LogP contribution in [0, 0.1) is 112 Å². The van der Waals surface area contributed by atoms with Gasteiger partial charge in [-0.05, 0) is 6.92 Å². The molecule has 0 aliphatic rings. The molecule has 0 bridgehead atoms. The van der Waals surface area contributed by atoms with Gasteiger partial charge in [-0.3, -0.25) is 0 Å².